The summed E-state index contributed by atoms with van der Waals surface area (Å²) in [6, 6.07) is 0. The predicted octanol–water partition coefficient (Wildman–Crippen LogP) is 12.3. The van der Waals surface area contributed by atoms with Crippen molar-refractivity contribution in [2.45, 2.75) is 271 Å². The van der Waals surface area contributed by atoms with E-state index < -0.39 is 0 Å². The van der Waals surface area contributed by atoms with Crippen molar-refractivity contribution in [2.75, 3.05) is 13.2 Å². The number of hydrogen-bond donors (Lipinski definition) is 0. The molecule has 12 nitrogen and oxygen atoms in total. The molecule has 0 rings (SSSR count). The summed E-state index contributed by atoms with van der Waals surface area (Å²) < 4.78 is 33.4. The second-order valence-corrected chi connectivity index (χ2v) is 16.8. The van der Waals surface area contributed by atoms with Gasteiger partial charge in [-0.2, -0.15) is 0 Å². The van der Waals surface area contributed by atoms with Crippen molar-refractivity contribution >= 4 is 35.8 Å². The molecule has 0 N–H and O–H groups in total. The molecular weight excluding hydrogens is 793 g/mol. The number of carbonyl (C=O) groups excluding carboxylic acids is 6. The molecule has 0 aromatic heterocycles. The molecule has 0 aliphatic carbocycles. The van der Waals surface area contributed by atoms with Gasteiger partial charge in [-0.25, -0.2) is 0 Å². The Kier molecular flexibility index (Phi) is 39.7. The molecule has 362 valence electrons. The molecule has 4 unspecified atom stereocenters. The molecule has 0 aromatic carbocycles. The highest BCUT2D eigenvalue weighted by Gasteiger charge is 2.21. The number of carbonyl (C=O) groups is 6. The molecule has 0 radical (unpaired) electrons. The van der Waals surface area contributed by atoms with Crippen molar-refractivity contribution < 1.29 is 57.2 Å². The summed E-state index contributed by atoms with van der Waals surface area (Å²) in [6.07, 6.45) is 25.0. The van der Waals surface area contributed by atoms with E-state index in [1.54, 1.807) is 27.7 Å². The molecule has 0 aliphatic rings. The van der Waals surface area contributed by atoms with E-state index >= 15 is 0 Å². The van der Waals surface area contributed by atoms with Crippen LogP contribution < -0.4 is 0 Å². The average Bonchev–Trinajstić information content (AvgIpc) is 3.27. The topological polar surface area (TPSA) is 158 Å². The van der Waals surface area contributed by atoms with Gasteiger partial charge in [-0.3, -0.25) is 28.8 Å². The molecule has 0 bridgehead atoms. The Balaban J connectivity index is 4.25. The molecule has 4 atom stereocenters. The maximum Gasteiger partial charge on any atom is 0.305 e. The fourth-order valence-electron chi connectivity index (χ4n) is 7.27. The van der Waals surface area contributed by atoms with E-state index in [0.717, 1.165) is 128 Å². The third kappa shape index (κ3) is 36.3. The monoisotopic (exact) mass is 883 g/mol. The summed E-state index contributed by atoms with van der Waals surface area (Å²) in [5.41, 5.74) is 0. The Hall–Kier alpha value is -3.18. The van der Waals surface area contributed by atoms with Crippen LogP contribution in [0.25, 0.3) is 0 Å². The molecule has 0 saturated heterocycles. The second kappa shape index (κ2) is 41.8. The summed E-state index contributed by atoms with van der Waals surface area (Å²) in [5.74, 6) is -1.38. The van der Waals surface area contributed by atoms with Crippen LogP contribution in [0.3, 0.4) is 0 Å². The van der Waals surface area contributed by atoms with Crippen LogP contribution in [0.4, 0.5) is 0 Å². The minimum Gasteiger partial charge on any atom is -0.462 e. The Morgan fingerprint density at radius 3 is 0.790 bits per heavy atom. The highest BCUT2D eigenvalue weighted by molar-refractivity contribution is 5.71. The molecule has 0 aliphatic heterocycles. The maximum atomic E-state index is 12.2. The van der Waals surface area contributed by atoms with Crippen LogP contribution in [-0.4, -0.2) is 73.4 Å². The van der Waals surface area contributed by atoms with E-state index in [0.29, 0.717) is 64.2 Å². The lowest BCUT2D eigenvalue weighted by molar-refractivity contribution is -0.153. The number of esters is 6. The van der Waals surface area contributed by atoms with Gasteiger partial charge in [0.2, 0.25) is 0 Å². The van der Waals surface area contributed by atoms with Crippen LogP contribution in [0.5, 0.6) is 0 Å². The summed E-state index contributed by atoms with van der Waals surface area (Å²) in [7, 11) is 0. The van der Waals surface area contributed by atoms with E-state index in [1.165, 1.54) is 12.8 Å². The van der Waals surface area contributed by atoms with E-state index in [2.05, 4.69) is 13.8 Å². The third-order valence-corrected chi connectivity index (χ3v) is 11.2. The summed E-state index contributed by atoms with van der Waals surface area (Å²) in [5, 5.41) is 0. The maximum absolute atomic E-state index is 12.2. The van der Waals surface area contributed by atoms with Crippen molar-refractivity contribution in [3.63, 3.8) is 0 Å². The molecule has 12 heteroatoms. The van der Waals surface area contributed by atoms with Gasteiger partial charge in [-0.15, -0.1) is 0 Å². The van der Waals surface area contributed by atoms with Crippen LogP contribution in [0.15, 0.2) is 0 Å². The third-order valence-electron chi connectivity index (χ3n) is 11.2. The Morgan fingerprint density at radius 2 is 0.532 bits per heavy atom. The van der Waals surface area contributed by atoms with Gasteiger partial charge in [0.05, 0.1) is 0 Å². The smallest absolute Gasteiger partial charge is 0.305 e. The van der Waals surface area contributed by atoms with Crippen molar-refractivity contribution in [1.82, 2.24) is 0 Å². The fourth-order valence-corrected chi connectivity index (χ4v) is 7.27. The van der Waals surface area contributed by atoms with Crippen LogP contribution >= 0.6 is 0 Å². The quantitative estimate of drug-likeness (QED) is 0.0325. The van der Waals surface area contributed by atoms with Gasteiger partial charge in [0.25, 0.3) is 0 Å². The molecule has 0 saturated carbocycles. The zero-order chi connectivity index (χ0) is 46.1. The fraction of sp³-hybridized carbons (Fsp3) is 0.880. The minimum atomic E-state index is -0.297. The molecule has 0 spiro atoms. The first kappa shape index (κ1) is 58.8. The lowest BCUT2D eigenvalue weighted by Gasteiger charge is -2.22. The molecule has 0 heterocycles. The first-order valence-electron chi connectivity index (χ1n) is 25.1. The van der Waals surface area contributed by atoms with E-state index in [9.17, 15) is 28.8 Å². The van der Waals surface area contributed by atoms with Crippen molar-refractivity contribution in [3.8, 4) is 0 Å². The molecular formula is C50H90O12. The Morgan fingerprint density at radius 1 is 0.290 bits per heavy atom. The number of hydrogen-bond acceptors (Lipinski definition) is 12. The van der Waals surface area contributed by atoms with Gasteiger partial charge in [0.15, 0.2) is 0 Å². The zero-order valence-electron chi connectivity index (χ0n) is 40.3. The van der Waals surface area contributed by atoms with Crippen LogP contribution in [0.2, 0.25) is 0 Å². The van der Waals surface area contributed by atoms with Crippen LogP contribution in [0.1, 0.15) is 247 Å². The van der Waals surface area contributed by atoms with Gasteiger partial charge < -0.3 is 28.4 Å². The summed E-state index contributed by atoms with van der Waals surface area (Å²) in [4.78, 5) is 72.6. The van der Waals surface area contributed by atoms with Gasteiger partial charge in [0, 0.05) is 38.5 Å². The second-order valence-electron chi connectivity index (χ2n) is 16.8. The highest BCUT2D eigenvalue weighted by Crippen LogP contribution is 2.22. The predicted molar refractivity (Wildman–Crippen MR) is 243 cm³/mol. The Bertz CT molecular complexity index is 1070. The molecule has 0 aromatic rings. The van der Waals surface area contributed by atoms with Gasteiger partial charge >= 0.3 is 35.8 Å². The average molecular weight is 883 g/mol. The number of unbranched alkanes of at least 4 members (excludes halogenated alkanes) is 14. The van der Waals surface area contributed by atoms with Gasteiger partial charge in [0.1, 0.15) is 37.6 Å². The highest BCUT2D eigenvalue weighted by atomic mass is 16.6. The standard InChI is InChI=1S/C50H90O12/c1-7-13-15-23-29-41(59-45(51)9-3)35-37-43(61-47(53)11-5)31-25-19-17-21-27-33-49(55)57-39-40-58-50(56)34-28-22-18-20-26-32-44(62-48(54)12-6)38-36-42(60-46(52)10-4)30-24-16-14-8-2/h41-44H,7-40H2,1-6H3. The van der Waals surface area contributed by atoms with Crippen LogP contribution in [0, 0.1) is 0 Å². The van der Waals surface area contributed by atoms with Gasteiger partial charge in [-0.1, -0.05) is 119 Å². The van der Waals surface area contributed by atoms with E-state index in [-0.39, 0.29) is 73.4 Å². The molecule has 62 heavy (non-hydrogen) atoms. The first-order chi connectivity index (χ1) is 30.0. The van der Waals surface area contributed by atoms with E-state index in [4.69, 9.17) is 28.4 Å². The van der Waals surface area contributed by atoms with Gasteiger partial charge in [-0.05, 0) is 89.9 Å². The van der Waals surface area contributed by atoms with Crippen LogP contribution in [-0.2, 0) is 57.2 Å². The molecule has 0 fully saturated rings. The zero-order valence-corrected chi connectivity index (χ0v) is 40.3. The summed E-state index contributed by atoms with van der Waals surface area (Å²) in [6.45, 7) is 11.6. The lowest BCUT2D eigenvalue weighted by Crippen LogP contribution is -2.23. The normalized spacial score (nSPS) is 13.1. The largest absolute Gasteiger partial charge is 0.462 e. The van der Waals surface area contributed by atoms with Crippen molar-refractivity contribution in [2.24, 2.45) is 0 Å². The lowest BCUT2D eigenvalue weighted by atomic mass is 10.00. The SMILES string of the molecule is CCCCCCC(CCC(CCCCCCCC(=O)OCCOC(=O)CCCCCCCC(CCC(CCCCCC)OC(=O)CC)OC(=O)CC)OC(=O)CC)OC(=O)CC. The minimum absolute atomic E-state index is 0.0457. The molecule has 0 amide bonds. The van der Waals surface area contributed by atoms with Crippen molar-refractivity contribution in [1.29, 1.82) is 0 Å². The number of rotatable bonds is 43. The first-order valence-corrected chi connectivity index (χ1v) is 25.1. The van der Waals surface area contributed by atoms with Crippen molar-refractivity contribution in [3.05, 3.63) is 0 Å². The summed E-state index contributed by atoms with van der Waals surface area (Å²) >= 11 is 0. The Labute approximate surface area is 376 Å². The number of ether oxygens (including phenoxy) is 6. The van der Waals surface area contributed by atoms with E-state index in [1.807, 2.05) is 0 Å².